The lowest BCUT2D eigenvalue weighted by Gasteiger charge is -2.04. The zero-order valence-corrected chi connectivity index (χ0v) is 17.1. The third kappa shape index (κ3) is 4.64. The van der Waals surface area contributed by atoms with Crippen LogP contribution in [0.3, 0.4) is 0 Å². The third-order valence-electron chi connectivity index (χ3n) is 4.43. The third-order valence-corrected chi connectivity index (χ3v) is 4.43. The Hall–Kier alpha value is -4.33. The molecule has 31 heavy (non-hydrogen) atoms. The average molecular weight is 413 g/mol. The molecule has 0 fully saturated rings. The number of hydrogen-bond acceptors (Lipinski definition) is 4. The molecule has 0 spiro atoms. The fourth-order valence-electron chi connectivity index (χ4n) is 3.08. The van der Waals surface area contributed by atoms with E-state index in [0.717, 1.165) is 16.9 Å². The largest absolute Gasteiger partial charge is 0.340 e. The van der Waals surface area contributed by atoms with Gasteiger partial charge in [0.1, 0.15) is 5.69 Å². The Bertz CT molecular complexity index is 1140. The number of amides is 2. The summed E-state index contributed by atoms with van der Waals surface area (Å²) in [7, 11) is 0. The maximum atomic E-state index is 11.3. The normalized spacial score (nSPS) is 10.5. The smallest absolute Gasteiger partial charge is 0.326 e. The Labute approximate surface area is 179 Å². The molecule has 4 aromatic rings. The number of nitrogens with one attached hydrogen (secondary N) is 2. The van der Waals surface area contributed by atoms with Crippen LogP contribution in [0.4, 0.5) is 11.4 Å². The lowest BCUT2D eigenvalue weighted by Crippen LogP contribution is -2.43. The molecule has 0 saturated carbocycles. The Morgan fingerprint density at radius 2 is 1.32 bits per heavy atom. The number of carbonyl (C=O) groups excluding carboxylic acids is 2. The van der Waals surface area contributed by atoms with E-state index < -0.39 is 0 Å². The van der Waals surface area contributed by atoms with E-state index in [4.69, 9.17) is 10.2 Å². The number of benzene rings is 3. The van der Waals surface area contributed by atoms with Gasteiger partial charge in [-0.3, -0.25) is 9.59 Å². The van der Waals surface area contributed by atoms with Crippen LogP contribution < -0.4 is 15.4 Å². The second kappa shape index (κ2) is 8.58. The molecule has 0 aliphatic rings. The maximum Gasteiger partial charge on any atom is 0.340 e. The number of aromatic nitrogens is 4. The van der Waals surface area contributed by atoms with Crippen molar-refractivity contribution in [3.63, 3.8) is 0 Å². The summed E-state index contributed by atoms with van der Waals surface area (Å²) in [6, 6.07) is 24.4. The quantitative estimate of drug-likeness (QED) is 0.492. The Kier molecular flexibility index (Phi) is 5.53. The number of hydrogen-bond donors (Lipinski definition) is 2. The van der Waals surface area contributed by atoms with Gasteiger partial charge in [0.25, 0.3) is 0 Å². The first-order valence-electron chi connectivity index (χ1n) is 9.71. The highest BCUT2D eigenvalue weighted by Gasteiger charge is 2.23. The lowest BCUT2D eigenvalue weighted by atomic mass is 10.2. The van der Waals surface area contributed by atoms with Gasteiger partial charge >= 0.3 is 5.82 Å². The summed E-state index contributed by atoms with van der Waals surface area (Å²) < 4.78 is 0. The van der Waals surface area contributed by atoms with Crippen LogP contribution in [0.2, 0.25) is 0 Å². The van der Waals surface area contributed by atoms with Crippen LogP contribution >= 0.6 is 0 Å². The molecule has 0 unspecified atom stereocenters. The van der Waals surface area contributed by atoms with Gasteiger partial charge in [-0.25, -0.2) is 0 Å². The van der Waals surface area contributed by atoms with Gasteiger partial charge in [-0.05, 0) is 70.6 Å². The maximum absolute atomic E-state index is 11.3. The second-order valence-corrected chi connectivity index (χ2v) is 6.92. The van der Waals surface area contributed by atoms with Crippen LogP contribution in [-0.4, -0.2) is 26.8 Å². The van der Waals surface area contributed by atoms with Crippen LogP contribution in [0.5, 0.6) is 0 Å². The van der Waals surface area contributed by atoms with E-state index in [-0.39, 0.29) is 11.8 Å². The Morgan fingerprint density at radius 3 is 1.87 bits per heavy atom. The number of tetrazole rings is 1. The molecule has 0 aliphatic carbocycles. The summed E-state index contributed by atoms with van der Waals surface area (Å²) in [6.07, 6.45) is 0. The number of nitrogens with zero attached hydrogens (tertiary/aromatic N) is 4. The summed E-state index contributed by atoms with van der Waals surface area (Å²) in [5.74, 6) is 0.306. The molecular weight excluding hydrogens is 392 g/mol. The van der Waals surface area contributed by atoms with Crippen molar-refractivity contribution in [1.29, 1.82) is 0 Å². The molecular formula is C23H21N6O2+. The van der Waals surface area contributed by atoms with Gasteiger partial charge in [0.15, 0.2) is 5.69 Å². The summed E-state index contributed by atoms with van der Waals surface area (Å²) in [5.41, 5.74) is 3.83. The van der Waals surface area contributed by atoms with E-state index in [9.17, 15) is 9.59 Å². The molecule has 2 amide bonds. The second-order valence-electron chi connectivity index (χ2n) is 6.92. The fourth-order valence-corrected chi connectivity index (χ4v) is 3.08. The first-order valence-corrected chi connectivity index (χ1v) is 9.71. The minimum atomic E-state index is -0.130. The molecule has 1 heterocycles. The fraction of sp³-hybridized carbons (Fsp3) is 0.0870. The summed E-state index contributed by atoms with van der Waals surface area (Å²) >= 11 is 0. The summed E-state index contributed by atoms with van der Waals surface area (Å²) in [6.45, 7) is 2.94. The van der Waals surface area contributed by atoms with E-state index in [2.05, 4.69) is 10.6 Å². The Balaban J connectivity index is 1.77. The predicted octanol–water partition coefficient (Wildman–Crippen LogP) is 3.13. The highest BCUT2D eigenvalue weighted by Crippen LogP contribution is 2.17. The van der Waals surface area contributed by atoms with Crippen LogP contribution in [-0.2, 0) is 9.59 Å². The average Bonchev–Trinajstić information content (AvgIpc) is 3.20. The molecule has 0 bridgehead atoms. The van der Waals surface area contributed by atoms with Gasteiger partial charge in [-0.1, -0.05) is 18.2 Å². The van der Waals surface area contributed by atoms with Gasteiger partial charge in [0.05, 0.1) is 10.7 Å². The molecule has 1 aromatic heterocycles. The highest BCUT2D eigenvalue weighted by molar-refractivity contribution is 5.89. The number of carbonyl (C=O) groups is 2. The van der Waals surface area contributed by atoms with Crippen LogP contribution in [0.15, 0.2) is 78.9 Å². The molecule has 2 N–H and O–H groups in total. The molecule has 154 valence electrons. The van der Waals surface area contributed by atoms with Crippen molar-refractivity contribution in [1.82, 2.24) is 15.0 Å². The molecule has 8 heteroatoms. The summed E-state index contributed by atoms with van der Waals surface area (Å²) in [5, 5.41) is 14.9. The van der Waals surface area contributed by atoms with Crippen LogP contribution in [0.1, 0.15) is 13.8 Å². The standard InChI is InChI=1S/C23H20N6O2/c1-16(30)24-19-8-12-21(13-9-19)28-26-23(18-6-4-3-5-7-18)27-29(28)22-14-10-20(11-15-22)25-17(2)31/h3-15H,1-2H3,(H-,24,25,26,27,30,31)/p+1. The molecule has 8 nitrogen and oxygen atoms in total. The van der Waals surface area contributed by atoms with Crippen LogP contribution in [0, 0.1) is 0 Å². The first kappa shape index (κ1) is 20.0. The van der Waals surface area contributed by atoms with E-state index in [0.29, 0.717) is 17.2 Å². The van der Waals surface area contributed by atoms with E-state index >= 15 is 0 Å². The van der Waals surface area contributed by atoms with Gasteiger partial charge in [0, 0.05) is 30.0 Å². The van der Waals surface area contributed by atoms with Crippen molar-refractivity contribution >= 4 is 23.2 Å². The van der Waals surface area contributed by atoms with Crippen molar-refractivity contribution < 1.29 is 14.4 Å². The molecule has 0 radical (unpaired) electrons. The van der Waals surface area contributed by atoms with Crippen LogP contribution in [0.25, 0.3) is 22.8 Å². The molecule has 4 rings (SSSR count). The van der Waals surface area contributed by atoms with Crippen molar-refractivity contribution in [2.45, 2.75) is 13.8 Å². The molecule has 0 saturated heterocycles. The highest BCUT2D eigenvalue weighted by atomic mass is 16.2. The van der Waals surface area contributed by atoms with Crippen molar-refractivity contribution in [3.8, 4) is 22.8 Å². The Morgan fingerprint density at radius 1 is 0.774 bits per heavy atom. The van der Waals surface area contributed by atoms with E-state index in [1.807, 2.05) is 78.9 Å². The molecule has 0 atom stereocenters. The predicted molar refractivity (Wildman–Crippen MR) is 117 cm³/mol. The molecule has 0 aliphatic heterocycles. The van der Waals surface area contributed by atoms with E-state index in [1.165, 1.54) is 13.8 Å². The molecule has 3 aromatic carbocycles. The van der Waals surface area contributed by atoms with Gasteiger partial charge < -0.3 is 10.6 Å². The zero-order valence-electron chi connectivity index (χ0n) is 17.1. The SMILES string of the molecule is CC(=O)Nc1ccc(-n2nc(-c3ccccc3)n[n+]2-c2ccc(NC(C)=O)cc2)cc1. The number of anilines is 2. The first-order chi connectivity index (χ1) is 15.0. The zero-order chi connectivity index (χ0) is 21.8. The lowest BCUT2D eigenvalue weighted by molar-refractivity contribution is -0.734. The summed E-state index contributed by atoms with van der Waals surface area (Å²) in [4.78, 5) is 26.0. The van der Waals surface area contributed by atoms with Gasteiger partial charge in [-0.15, -0.1) is 0 Å². The van der Waals surface area contributed by atoms with E-state index in [1.54, 1.807) is 9.59 Å². The van der Waals surface area contributed by atoms with Gasteiger partial charge in [0.2, 0.25) is 11.8 Å². The van der Waals surface area contributed by atoms with Gasteiger partial charge in [-0.2, -0.15) is 0 Å². The number of rotatable bonds is 5. The van der Waals surface area contributed by atoms with Crippen molar-refractivity contribution in [3.05, 3.63) is 78.9 Å². The topological polar surface area (TPSA) is 92.8 Å². The minimum absolute atomic E-state index is 0.130. The van der Waals surface area contributed by atoms with Crippen molar-refractivity contribution in [2.24, 2.45) is 0 Å². The minimum Gasteiger partial charge on any atom is -0.326 e. The monoisotopic (exact) mass is 413 g/mol. The van der Waals surface area contributed by atoms with Crippen molar-refractivity contribution in [2.75, 3.05) is 10.6 Å².